The van der Waals surface area contributed by atoms with Crippen LogP contribution in [0, 0.1) is 18.6 Å². The molecule has 2 rings (SSSR count). The molecule has 1 N–H and O–H groups in total. The first kappa shape index (κ1) is 14.6. The Labute approximate surface area is 117 Å². The molecule has 1 heterocycles. The second-order valence-corrected chi connectivity index (χ2v) is 4.01. The molecular weight excluding hydrogens is 286 g/mol. The molecule has 0 saturated carbocycles. The average Bonchev–Trinajstić information content (AvgIpc) is 2.81. The molecule has 0 spiro atoms. The highest BCUT2D eigenvalue weighted by molar-refractivity contribution is 5.85. The molecule has 0 amide bonds. The van der Waals surface area contributed by atoms with E-state index in [1.54, 1.807) is 6.92 Å². The molecule has 0 unspecified atom stereocenters. The third-order valence-corrected chi connectivity index (χ3v) is 2.35. The number of rotatable bonds is 5. The number of benzene rings is 1. The van der Waals surface area contributed by atoms with Crippen LogP contribution in [0.4, 0.5) is 8.78 Å². The number of ether oxygens (including phenoxy) is 1. The van der Waals surface area contributed by atoms with Crippen molar-refractivity contribution in [3.8, 4) is 5.75 Å². The first-order valence-electron chi connectivity index (χ1n) is 5.77. The Balaban J connectivity index is 2.15. The third kappa shape index (κ3) is 3.85. The minimum absolute atomic E-state index is 0.0633. The molecule has 8 heteroatoms. The smallest absolute Gasteiger partial charge is 0.328 e. The zero-order valence-electron chi connectivity index (χ0n) is 10.8. The predicted octanol–water partition coefficient (Wildman–Crippen LogP) is 2.33. The molecule has 0 bridgehead atoms. The van der Waals surface area contributed by atoms with E-state index in [1.807, 2.05) is 0 Å². The van der Waals surface area contributed by atoms with Gasteiger partial charge in [-0.3, -0.25) is 0 Å². The summed E-state index contributed by atoms with van der Waals surface area (Å²) in [5, 5.41) is 12.0. The normalized spacial score (nSPS) is 11.0. The first-order chi connectivity index (χ1) is 9.95. The summed E-state index contributed by atoms with van der Waals surface area (Å²) in [6.45, 7) is 1.32. The number of carbonyl (C=O) groups is 1. The molecule has 6 nitrogen and oxygen atoms in total. The van der Waals surface area contributed by atoms with Crippen molar-refractivity contribution in [1.82, 2.24) is 10.1 Å². The summed E-state index contributed by atoms with van der Waals surface area (Å²) < 4.78 is 37.2. The highest BCUT2D eigenvalue weighted by Gasteiger charge is 2.14. The monoisotopic (exact) mass is 296 g/mol. The van der Waals surface area contributed by atoms with E-state index in [1.165, 1.54) is 0 Å². The van der Waals surface area contributed by atoms with Crippen molar-refractivity contribution in [3.63, 3.8) is 0 Å². The first-order valence-corrected chi connectivity index (χ1v) is 5.77. The van der Waals surface area contributed by atoms with Gasteiger partial charge in [-0.15, -0.1) is 0 Å². The van der Waals surface area contributed by atoms with E-state index in [-0.39, 0.29) is 18.1 Å². The van der Waals surface area contributed by atoms with Gasteiger partial charge in [0.1, 0.15) is 0 Å². The van der Waals surface area contributed by atoms with E-state index in [0.29, 0.717) is 5.82 Å². The Bertz CT molecular complexity index is 674. The molecule has 0 fully saturated rings. The van der Waals surface area contributed by atoms with Crippen LogP contribution in [0.25, 0.3) is 6.08 Å². The van der Waals surface area contributed by atoms with Crippen molar-refractivity contribution in [1.29, 1.82) is 0 Å². The lowest BCUT2D eigenvalue weighted by Gasteiger charge is -2.07. The van der Waals surface area contributed by atoms with Gasteiger partial charge in [0.2, 0.25) is 0 Å². The summed E-state index contributed by atoms with van der Waals surface area (Å²) in [6.07, 6.45) is 1.84. The van der Waals surface area contributed by atoms with Crippen molar-refractivity contribution in [2.45, 2.75) is 13.5 Å². The summed E-state index contributed by atoms with van der Waals surface area (Å²) in [5.41, 5.74) is 0.0633. The van der Waals surface area contributed by atoms with Gasteiger partial charge in [0.15, 0.2) is 29.8 Å². The predicted molar refractivity (Wildman–Crippen MR) is 66.4 cm³/mol. The second kappa shape index (κ2) is 6.12. The van der Waals surface area contributed by atoms with Crippen LogP contribution in [0.3, 0.4) is 0 Å². The van der Waals surface area contributed by atoms with Crippen LogP contribution in [0.2, 0.25) is 0 Å². The van der Waals surface area contributed by atoms with Crippen LogP contribution in [-0.4, -0.2) is 21.2 Å². The Morgan fingerprint density at radius 1 is 1.43 bits per heavy atom. The van der Waals surface area contributed by atoms with Crippen LogP contribution in [0.1, 0.15) is 17.3 Å². The second-order valence-electron chi connectivity index (χ2n) is 4.01. The molecule has 110 valence electrons. The van der Waals surface area contributed by atoms with Crippen LogP contribution in [0.5, 0.6) is 5.75 Å². The molecular formula is C13H10F2N2O4. The minimum atomic E-state index is -1.22. The van der Waals surface area contributed by atoms with E-state index < -0.39 is 23.4 Å². The number of halogens is 2. The number of carboxylic acid groups (broad SMARTS) is 1. The van der Waals surface area contributed by atoms with Gasteiger partial charge in [0.25, 0.3) is 5.89 Å². The van der Waals surface area contributed by atoms with Crippen LogP contribution in [-0.2, 0) is 11.4 Å². The van der Waals surface area contributed by atoms with Gasteiger partial charge in [-0.05, 0) is 30.7 Å². The SMILES string of the molecule is Cc1noc(COc2c(F)cc(C=CC(=O)O)cc2F)n1. The summed E-state index contributed by atoms with van der Waals surface area (Å²) in [6, 6.07) is 1.91. The van der Waals surface area contributed by atoms with E-state index >= 15 is 0 Å². The van der Waals surface area contributed by atoms with Gasteiger partial charge >= 0.3 is 5.97 Å². The highest BCUT2D eigenvalue weighted by Crippen LogP contribution is 2.24. The minimum Gasteiger partial charge on any atom is -0.478 e. The Morgan fingerprint density at radius 3 is 2.62 bits per heavy atom. The summed E-state index contributed by atoms with van der Waals surface area (Å²) in [4.78, 5) is 14.2. The number of carboxylic acids is 1. The van der Waals surface area contributed by atoms with E-state index in [4.69, 9.17) is 14.4 Å². The molecule has 0 aliphatic heterocycles. The van der Waals surface area contributed by atoms with Gasteiger partial charge in [-0.2, -0.15) is 4.98 Å². The maximum absolute atomic E-state index is 13.7. The molecule has 0 radical (unpaired) electrons. The maximum Gasteiger partial charge on any atom is 0.328 e. The fourth-order valence-electron chi connectivity index (χ4n) is 1.51. The van der Waals surface area contributed by atoms with E-state index in [9.17, 15) is 13.6 Å². The lowest BCUT2D eigenvalue weighted by Crippen LogP contribution is -2.01. The molecule has 1 aromatic heterocycles. The summed E-state index contributed by atoms with van der Waals surface area (Å²) in [7, 11) is 0. The standard InChI is InChI=1S/C13H10F2N2O4/c1-7-16-11(21-17-7)6-20-13-9(14)4-8(5-10(13)15)2-3-12(18)19/h2-5H,6H2,1H3,(H,18,19). The van der Waals surface area contributed by atoms with Crippen molar-refractivity contribution in [2.24, 2.45) is 0 Å². The fourth-order valence-corrected chi connectivity index (χ4v) is 1.51. The van der Waals surface area contributed by atoms with Gasteiger partial charge in [0, 0.05) is 6.08 Å². The van der Waals surface area contributed by atoms with Gasteiger partial charge in [-0.25, -0.2) is 13.6 Å². The van der Waals surface area contributed by atoms with Crippen LogP contribution in [0.15, 0.2) is 22.7 Å². The molecule has 0 saturated heterocycles. The molecule has 21 heavy (non-hydrogen) atoms. The van der Waals surface area contributed by atoms with E-state index in [0.717, 1.165) is 24.3 Å². The van der Waals surface area contributed by atoms with Crippen molar-refractivity contribution >= 4 is 12.0 Å². The zero-order chi connectivity index (χ0) is 15.4. The highest BCUT2D eigenvalue weighted by atomic mass is 19.1. The number of aliphatic carboxylic acids is 1. The molecule has 0 aliphatic carbocycles. The van der Waals surface area contributed by atoms with Crippen molar-refractivity contribution in [2.75, 3.05) is 0 Å². The van der Waals surface area contributed by atoms with Gasteiger partial charge in [-0.1, -0.05) is 5.16 Å². The largest absolute Gasteiger partial charge is 0.478 e. The van der Waals surface area contributed by atoms with Gasteiger partial charge < -0.3 is 14.4 Å². The lowest BCUT2D eigenvalue weighted by atomic mass is 10.2. The number of nitrogens with zero attached hydrogens (tertiary/aromatic N) is 2. The number of aromatic nitrogens is 2. The Morgan fingerprint density at radius 2 is 2.10 bits per heavy atom. The van der Waals surface area contributed by atoms with Crippen LogP contribution < -0.4 is 4.74 Å². The molecule has 2 aromatic rings. The summed E-state index contributed by atoms with van der Waals surface area (Å²) >= 11 is 0. The van der Waals surface area contributed by atoms with Crippen molar-refractivity contribution in [3.05, 3.63) is 47.1 Å². The average molecular weight is 296 g/mol. The maximum atomic E-state index is 13.7. The third-order valence-electron chi connectivity index (χ3n) is 2.35. The van der Waals surface area contributed by atoms with Gasteiger partial charge in [0.05, 0.1) is 0 Å². The summed E-state index contributed by atoms with van der Waals surface area (Å²) in [5.74, 6) is -3.28. The number of hydrogen-bond donors (Lipinski definition) is 1. The van der Waals surface area contributed by atoms with E-state index in [2.05, 4.69) is 10.1 Å². The zero-order valence-corrected chi connectivity index (χ0v) is 10.8. The Hall–Kier alpha value is -2.77. The fraction of sp³-hybridized carbons (Fsp3) is 0.154. The molecule has 0 atom stereocenters. The quantitative estimate of drug-likeness (QED) is 0.852. The molecule has 1 aromatic carbocycles. The lowest BCUT2D eigenvalue weighted by molar-refractivity contribution is -0.131. The topological polar surface area (TPSA) is 85.5 Å². The van der Waals surface area contributed by atoms with Crippen molar-refractivity contribution < 1.29 is 27.9 Å². The Kier molecular flexibility index (Phi) is 4.27. The number of aryl methyl sites for hydroxylation is 1. The molecule has 0 aliphatic rings. The number of hydrogen-bond acceptors (Lipinski definition) is 5. The van der Waals surface area contributed by atoms with Crippen LogP contribution >= 0.6 is 0 Å².